The fourth-order valence-electron chi connectivity index (χ4n) is 3.44. The lowest BCUT2D eigenvalue weighted by atomic mass is 9.99. The molecule has 1 unspecified atom stereocenters. The van der Waals surface area contributed by atoms with Crippen LogP contribution in [0.15, 0.2) is 72.8 Å². The van der Waals surface area contributed by atoms with E-state index in [2.05, 4.69) is 76.3 Å². The van der Waals surface area contributed by atoms with Crippen molar-refractivity contribution >= 4 is 25.1 Å². The van der Waals surface area contributed by atoms with Crippen LogP contribution >= 0.6 is 0 Å². The number of ether oxygens (including phenoxy) is 1. The van der Waals surface area contributed by atoms with E-state index in [0.29, 0.717) is 6.54 Å². The third-order valence-electron chi connectivity index (χ3n) is 6.43. The molecule has 0 N–H and O–H groups in total. The average Bonchev–Trinajstić information content (AvgIpc) is 2.76. The standard InChI is InChI=1S/C27H35NO3Si/c1-27(2,3)32(5,6)31-28(20-21-12-8-7-9-13-21)25(19-26(29)30-4)24-17-16-22-14-10-11-15-23(22)18-24/h7-18,25H,19-20H2,1-6H3. The number of benzene rings is 3. The minimum atomic E-state index is -2.16. The van der Waals surface area contributed by atoms with E-state index in [4.69, 9.17) is 9.26 Å². The molecule has 0 amide bonds. The molecule has 0 saturated heterocycles. The Balaban J connectivity index is 2.07. The summed E-state index contributed by atoms with van der Waals surface area (Å²) in [6, 6.07) is 24.7. The van der Waals surface area contributed by atoms with E-state index in [1.54, 1.807) is 0 Å². The normalized spacial score (nSPS) is 13.3. The number of methoxy groups -OCH3 is 1. The number of carbonyl (C=O) groups is 1. The molecule has 0 aliphatic rings. The van der Waals surface area contributed by atoms with Gasteiger partial charge in [0.25, 0.3) is 0 Å². The summed E-state index contributed by atoms with van der Waals surface area (Å²) >= 11 is 0. The summed E-state index contributed by atoms with van der Waals surface area (Å²) < 4.78 is 11.9. The van der Waals surface area contributed by atoms with Crippen molar-refractivity contribution in [2.75, 3.05) is 7.11 Å². The number of rotatable bonds is 8. The van der Waals surface area contributed by atoms with Crippen LogP contribution in [0.4, 0.5) is 0 Å². The van der Waals surface area contributed by atoms with Gasteiger partial charge in [0.15, 0.2) is 0 Å². The second-order valence-electron chi connectivity index (χ2n) is 9.82. The summed E-state index contributed by atoms with van der Waals surface area (Å²) in [4.78, 5) is 12.5. The Hall–Kier alpha value is -2.47. The van der Waals surface area contributed by atoms with Crippen LogP contribution in [0.1, 0.15) is 44.4 Å². The molecule has 0 bridgehead atoms. The first-order valence-electron chi connectivity index (χ1n) is 11.2. The van der Waals surface area contributed by atoms with E-state index in [1.807, 2.05) is 35.4 Å². The zero-order chi connectivity index (χ0) is 23.4. The molecule has 5 heteroatoms. The number of hydrogen-bond donors (Lipinski definition) is 0. The number of nitrogens with zero attached hydrogens (tertiary/aromatic N) is 1. The van der Waals surface area contributed by atoms with Crippen molar-refractivity contribution in [3.63, 3.8) is 0 Å². The fourth-order valence-corrected chi connectivity index (χ4v) is 4.49. The smallest absolute Gasteiger partial charge is 0.307 e. The zero-order valence-electron chi connectivity index (χ0n) is 20.1. The second kappa shape index (κ2) is 9.99. The molecule has 0 heterocycles. The highest BCUT2D eigenvalue weighted by atomic mass is 28.4. The molecule has 3 aromatic carbocycles. The monoisotopic (exact) mass is 449 g/mol. The largest absolute Gasteiger partial charge is 0.469 e. The Morgan fingerprint density at radius 2 is 1.56 bits per heavy atom. The molecule has 0 fully saturated rings. The van der Waals surface area contributed by atoms with Gasteiger partial charge in [-0.1, -0.05) is 87.5 Å². The Morgan fingerprint density at radius 3 is 2.19 bits per heavy atom. The van der Waals surface area contributed by atoms with Crippen molar-refractivity contribution in [2.45, 2.75) is 57.9 Å². The Bertz CT molecular complexity index is 1040. The maximum atomic E-state index is 12.5. The predicted molar refractivity (Wildman–Crippen MR) is 134 cm³/mol. The Labute approximate surface area is 193 Å². The first kappa shape index (κ1) is 24.2. The third kappa shape index (κ3) is 5.85. The van der Waals surface area contributed by atoms with E-state index < -0.39 is 8.32 Å². The summed E-state index contributed by atoms with van der Waals surface area (Å²) in [5.41, 5.74) is 2.19. The van der Waals surface area contributed by atoms with Gasteiger partial charge in [-0.05, 0) is 46.1 Å². The molecular formula is C27H35NO3Si. The van der Waals surface area contributed by atoms with Gasteiger partial charge in [-0.3, -0.25) is 4.79 Å². The van der Waals surface area contributed by atoms with E-state index >= 15 is 0 Å². The molecule has 0 aromatic heterocycles. The predicted octanol–water partition coefficient (Wildman–Crippen LogP) is 6.88. The highest BCUT2D eigenvalue weighted by molar-refractivity contribution is 6.74. The van der Waals surface area contributed by atoms with Gasteiger partial charge in [-0.15, -0.1) is 0 Å². The topological polar surface area (TPSA) is 38.8 Å². The number of fused-ring (bicyclic) bond motifs is 1. The van der Waals surface area contributed by atoms with Gasteiger partial charge in [-0.25, -0.2) is 0 Å². The first-order chi connectivity index (χ1) is 15.1. The van der Waals surface area contributed by atoms with Gasteiger partial charge in [0, 0.05) is 6.54 Å². The molecule has 170 valence electrons. The number of hydrogen-bond acceptors (Lipinski definition) is 4. The van der Waals surface area contributed by atoms with Crippen molar-refractivity contribution < 1.29 is 14.1 Å². The first-order valence-corrected chi connectivity index (χ1v) is 14.1. The van der Waals surface area contributed by atoms with E-state index in [-0.39, 0.29) is 23.5 Å². The van der Waals surface area contributed by atoms with Crippen LogP contribution < -0.4 is 0 Å². The molecule has 0 radical (unpaired) electrons. The summed E-state index contributed by atoms with van der Waals surface area (Å²) in [7, 11) is -0.718. The van der Waals surface area contributed by atoms with Crippen LogP contribution in [-0.2, 0) is 20.6 Å². The molecule has 4 nitrogen and oxygen atoms in total. The van der Waals surface area contributed by atoms with Gasteiger partial charge in [0.1, 0.15) is 0 Å². The van der Waals surface area contributed by atoms with Crippen LogP contribution in [-0.4, -0.2) is 26.5 Å². The maximum Gasteiger partial charge on any atom is 0.307 e. The van der Waals surface area contributed by atoms with Crippen LogP contribution in [0, 0.1) is 0 Å². The van der Waals surface area contributed by atoms with Gasteiger partial charge >= 0.3 is 5.97 Å². The summed E-state index contributed by atoms with van der Waals surface area (Å²) in [6.45, 7) is 11.7. The van der Waals surface area contributed by atoms with Gasteiger partial charge in [0.2, 0.25) is 8.32 Å². The van der Waals surface area contributed by atoms with Crippen LogP contribution in [0.3, 0.4) is 0 Å². The van der Waals surface area contributed by atoms with E-state index in [0.717, 1.165) is 16.5 Å². The summed E-state index contributed by atoms with van der Waals surface area (Å²) in [6.07, 6.45) is 0.219. The van der Waals surface area contributed by atoms with Crippen molar-refractivity contribution in [1.29, 1.82) is 0 Å². The van der Waals surface area contributed by atoms with Gasteiger partial charge in [0.05, 0.1) is 19.6 Å². The zero-order valence-corrected chi connectivity index (χ0v) is 21.1. The van der Waals surface area contributed by atoms with Crippen molar-refractivity contribution in [1.82, 2.24) is 5.06 Å². The lowest BCUT2D eigenvalue weighted by Gasteiger charge is -2.42. The number of esters is 1. The van der Waals surface area contributed by atoms with Gasteiger partial charge in [-0.2, -0.15) is 5.06 Å². The molecule has 0 aliphatic carbocycles. The maximum absolute atomic E-state index is 12.5. The van der Waals surface area contributed by atoms with Crippen LogP contribution in [0.5, 0.6) is 0 Å². The molecular weight excluding hydrogens is 414 g/mol. The molecule has 0 aliphatic heterocycles. The van der Waals surface area contributed by atoms with E-state index in [1.165, 1.54) is 12.5 Å². The molecule has 32 heavy (non-hydrogen) atoms. The highest BCUT2D eigenvalue weighted by Crippen LogP contribution is 2.40. The lowest BCUT2D eigenvalue weighted by Crippen LogP contribution is -2.47. The van der Waals surface area contributed by atoms with Crippen molar-refractivity contribution in [2.24, 2.45) is 0 Å². The molecule has 1 atom stereocenters. The summed E-state index contributed by atoms with van der Waals surface area (Å²) in [5.74, 6) is -0.250. The highest BCUT2D eigenvalue weighted by Gasteiger charge is 2.41. The van der Waals surface area contributed by atoms with Crippen molar-refractivity contribution in [3.05, 3.63) is 83.9 Å². The minimum absolute atomic E-state index is 0.0289. The number of hydroxylamine groups is 2. The second-order valence-corrected chi connectivity index (χ2v) is 14.5. The van der Waals surface area contributed by atoms with Gasteiger partial charge < -0.3 is 9.26 Å². The minimum Gasteiger partial charge on any atom is -0.469 e. The number of carbonyl (C=O) groups excluding carboxylic acids is 1. The quantitative estimate of drug-likeness (QED) is 0.213. The fraction of sp³-hybridized carbons (Fsp3) is 0.370. The van der Waals surface area contributed by atoms with Crippen molar-refractivity contribution in [3.8, 4) is 0 Å². The lowest BCUT2D eigenvalue weighted by molar-refractivity contribution is -0.153. The average molecular weight is 450 g/mol. The molecule has 0 saturated carbocycles. The Morgan fingerprint density at radius 1 is 0.938 bits per heavy atom. The Kier molecular flexibility index (Phi) is 7.54. The van der Waals surface area contributed by atoms with E-state index in [9.17, 15) is 4.79 Å². The molecule has 3 rings (SSSR count). The molecule has 3 aromatic rings. The van der Waals surface area contributed by atoms with Crippen LogP contribution in [0.2, 0.25) is 18.1 Å². The third-order valence-corrected chi connectivity index (χ3v) is 10.7. The SMILES string of the molecule is COC(=O)CC(c1ccc2ccccc2c1)N(Cc1ccccc1)O[Si](C)(C)C(C)(C)C. The summed E-state index contributed by atoms with van der Waals surface area (Å²) in [5, 5.41) is 4.37. The van der Waals surface area contributed by atoms with Crippen LogP contribution in [0.25, 0.3) is 10.8 Å². The molecule has 0 spiro atoms.